The largest absolute Gasteiger partial charge is 0.345 e. The molecule has 0 aromatic heterocycles. The summed E-state index contributed by atoms with van der Waals surface area (Å²) < 4.78 is 13.6. The summed E-state index contributed by atoms with van der Waals surface area (Å²) >= 11 is 5.39. The van der Waals surface area contributed by atoms with Gasteiger partial charge in [0, 0.05) is 37.8 Å². The standard InChI is InChI=1S/C16H20FN3OS/c1-11-2-5-13(10-14(11)17)18-16(22)20-8-6-19(7-9-20)15(21)12-3-4-12/h2,5,10,12H,3-4,6-9H2,1H3,(H,18,22). The van der Waals surface area contributed by atoms with Crippen LogP contribution in [0, 0.1) is 18.7 Å². The average molecular weight is 321 g/mol. The van der Waals surface area contributed by atoms with E-state index < -0.39 is 0 Å². The minimum atomic E-state index is -0.243. The SMILES string of the molecule is Cc1ccc(NC(=S)N2CCN(C(=O)C3CC3)CC2)cc1F. The van der Waals surface area contributed by atoms with Crippen molar-refractivity contribution in [2.45, 2.75) is 19.8 Å². The van der Waals surface area contributed by atoms with Crippen molar-refractivity contribution < 1.29 is 9.18 Å². The van der Waals surface area contributed by atoms with Gasteiger partial charge in [0.1, 0.15) is 5.82 Å². The number of carbonyl (C=O) groups is 1. The highest BCUT2D eigenvalue weighted by Gasteiger charge is 2.34. The minimum Gasteiger partial charge on any atom is -0.345 e. The quantitative estimate of drug-likeness (QED) is 0.849. The van der Waals surface area contributed by atoms with Gasteiger partial charge in [-0.15, -0.1) is 0 Å². The third-order valence-electron chi connectivity index (χ3n) is 4.23. The van der Waals surface area contributed by atoms with Crippen LogP contribution in [-0.4, -0.2) is 47.0 Å². The Morgan fingerprint density at radius 1 is 1.23 bits per heavy atom. The summed E-state index contributed by atoms with van der Waals surface area (Å²) in [5.74, 6) is 0.318. The topological polar surface area (TPSA) is 35.6 Å². The first-order chi connectivity index (χ1) is 10.5. The van der Waals surface area contributed by atoms with E-state index in [4.69, 9.17) is 12.2 Å². The fourth-order valence-corrected chi connectivity index (χ4v) is 2.89. The maximum atomic E-state index is 13.6. The number of nitrogens with one attached hydrogen (secondary N) is 1. The van der Waals surface area contributed by atoms with E-state index in [-0.39, 0.29) is 11.7 Å². The molecule has 1 saturated carbocycles. The van der Waals surface area contributed by atoms with Crippen molar-refractivity contribution in [3.05, 3.63) is 29.6 Å². The Hall–Kier alpha value is -1.69. The number of carbonyl (C=O) groups excluding carboxylic acids is 1. The molecule has 1 aromatic carbocycles. The summed E-state index contributed by atoms with van der Waals surface area (Å²) in [5, 5.41) is 3.66. The number of hydrogen-bond donors (Lipinski definition) is 1. The molecule has 1 aromatic rings. The predicted octanol–water partition coefficient (Wildman–Crippen LogP) is 2.39. The van der Waals surface area contributed by atoms with Gasteiger partial charge in [0.15, 0.2) is 5.11 Å². The highest BCUT2D eigenvalue weighted by atomic mass is 32.1. The van der Waals surface area contributed by atoms with Gasteiger partial charge in [-0.2, -0.15) is 0 Å². The van der Waals surface area contributed by atoms with Crippen molar-refractivity contribution in [1.29, 1.82) is 0 Å². The number of benzene rings is 1. The molecular formula is C16H20FN3OS. The minimum absolute atomic E-state index is 0.243. The lowest BCUT2D eigenvalue weighted by Gasteiger charge is -2.36. The lowest BCUT2D eigenvalue weighted by molar-refractivity contribution is -0.133. The molecular weight excluding hydrogens is 301 g/mol. The molecule has 22 heavy (non-hydrogen) atoms. The fourth-order valence-electron chi connectivity index (χ4n) is 2.59. The molecule has 4 nitrogen and oxygen atoms in total. The fraction of sp³-hybridized carbons (Fsp3) is 0.500. The van der Waals surface area contributed by atoms with Gasteiger partial charge in [0.25, 0.3) is 0 Å². The molecule has 0 unspecified atom stereocenters. The lowest BCUT2D eigenvalue weighted by Crippen LogP contribution is -2.52. The van der Waals surface area contributed by atoms with E-state index in [2.05, 4.69) is 5.32 Å². The number of piperazine rings is 1. The number of amides is 1. The Bertz CT molecular complexity index is 595. The summed E-state index contributed by atoms with van der Waals surface area (Å²) in [6.07, 6.45) is 2.08. The first-order valence-corrected chi connectivity index (χ1v) is 8.06. The molecule has 0 atom stereocenters. The number of halogens is 1. The van der Waals surface area contributed by atoms with E-state index in [9.17, 15) is 9.18 Å². The summed E-state index contributed by atoms with van der Waals surface area (Å²) in [6.45, 7) is 4.59. The summed E-state index contributed by atoms with van der Waals surface area (Å²) in [4.78, 5) is 16.0. The van der Waals surface area contributed by atoms with Gasteiger partial charge in [0.2, 0.25) is 5.91 Å². The molecule has 0 radical (unpaired) electrons. The van der Waals surface area contributed by atoms with Gasteiger partial charge in [-0.05, 0) is 49.7 Å². The van der Waals surface area contributed by atoms with Gasteiger partial charge < -0.3 is 15.1 Å². The molecule has 0 bridgehead atoms. The molecule has 0 spiro atoms. The average Bonchev–Trinajstić information content (AvgIpc) is 3.35. The van der Waals surface area contributed by atoms with Crippen LogP contribution in [-0.2, 0) is 4.79 Å². The molecule has 2 fully saturated rings. The number of thiocarbonyl (C=S) groups is 1. The van der Waals surface area contributed by atoms with Crippen LogP contribution < -0.4 is 5.32 Å². The molecule has 1 N–H and O–H groups in total. The zero-order valence-corrected chi connectivity index (χ0v) is 13.5. The van der Waals surface area contributed by atoms with E-state index in [1.54, 1.807) is 13.0 Å². The van der Waals surface area contributed by atoms with Crippen molar-refractivity contribution in [2.24, 2.45) is 5.92 Å². The van der Waals surface area contributed by atoms with Crippen molar-refractivity contribution in [2.75, 3.05) is 31.5 Å². The monoisotopic (exact) mass is 321 g/mol. The van der Waals surface area contributed by atoms with Gasteiger partial charge in [-0.25, -0.2) is 4.39 Å². The molecule has 118 valence electrons. The Labute approximate surface area is 135 Å². The molecule has 1 heterocycles. The highest BCUT2D eigenvalue weighted by Crippen LogP contribution is 2.31. The number of nitrogens with zero attached hydrogens (tertiary/aromatic N) is 2. The van der Waals surface area contributed by atoms with E-state index in [0.717, 1.165) is 25.9 Å². The van der Waals surface area contributed by atoms with Gasteiger partial charge in [-0.1, -0.05) is 6.07 Å². The van der Waals surface area contributed by atoms with Crippen molar-refractivity contribution in [1.82, 2.24) is 9.80 Å². The van der Waals surface area contributed by atoms with E-state index in [1.165, 1.54) is 6.07 Å². The Balaban J connectivity index is 1.53. The van der Waals surface area contributed by atoms with Crippen LogP contribution in [0.15, 0.2) is 18.2 Å². The van der Waals surface area contributed by atoms with Crippen molar-refractivity contribution in [3.8, 4) is 0 Å². The number of rotatable bonds is 2. The molecule has 6 heteroatoms. The number of hydrogen-bond acceptors (Lipinski definition) is 2. The van der Waals surface area contributed by atoms with Crippen LogP contribution in [0.25, 0.3) is 0 Å². The third kappa shape index (κ3) is 3.38. The van der Waals surface area contributed by atoms with Crippen LogP contribution in [0.1, 0.15) is 18.4 Å². The second-order valence-corrected chi connectivity index (χ2v) is 6.37. The molecule has 1 amide bonds. The van der Waals surface area contributed by atoms with Gasteiger partial charge >= 0.3 is 0 Å². The molecule has 1 aliphatic carbocycles. The van der Waals surface area contributed by atoms with Crippen LogP contribution in [0.5, 0.6) is 0 Å². The zero-order valence-electron chi connectivity index (χ0n) is 12.6. The van der Waals surface area contributed by atoms with Crippen molar-refractivity contribution in [3.63, 3.8) is 0 Å². The maximum absolute atomic E-state index is 13.6. The summed E-state index contributed by atoms with van der Waals surface area (Å²) in [6, 6.07) is 5.00. The molecule has 1 aliphatic heterocycles. The van der Waals surface area contributed by atoms with Crippen LogP contribution in [0.3, 0.4) is 0 Å². The zero-order chi connectivity index (χ0) is 15.7. The molecule has 1 saturated heterocycles. The second kappa shape index (κ2) is 6.20. The number of anilines is 1. The lowest BCUT2D eigenvalue weighted by atomic mass is 10.2. The predicted molar refractivity (Wildman–Crippen MR) is 88.2 cm³/mol. The first kappa shape index (κ1) is 15.2. The summed E-state index contributed by atoms with van der Waals surface area (Å²) in [7, 11) is 0. The van der Waals surface area contributed by atoms with E-state index in [1.807, 2.05) is 15.9 Å². The normalized spacial score (nSPS) is 18.3. The van der Waals surface area contributed by atoms with Crippen LogP contribution in [0.4, 0.5) is 10.1 Å². The smallest absolute Gasteiger partial charge is 0.225 e. The van der Waals surface area contributed by atoms with E-state index in [0.29, 0.717) is 35.4 Å². The van der Waals surface area contributed by atoms with Gasteiger partial charge in [-0.3, -0.25) is 4.79 Å². The Kier molecular flexibility index (Phi) is 4.29. The van der Waals surface area contributed by atoms with Crippen molar-refractivity contribution >= 4 is 28.9 Å². The molecule has 3 rings (SSSR count). The maximum Gasteiger partial charge on any atom is 0.225 e. The highest BCUT2D eigenvalue weighted by molar-refractivity contribution is 7.80. The second-order valence-electron chi connectivity index (χ2n) is 5.98. The Morgan fingerprint density at radius 2 is 1.86 bits per heavy atom. The third-order valence-corrected chi connectivity index (χ3v) is 4.59. The van der Waals surface area contributed by atoms with Crippen LogP contribution in [0.2, 0.25) is 0 Å². The van der Waals surface area contributed by atoms with Crippen LogP contribution >= 0.6 is 12.2 Å². The van der Waals surface area contributed by atoms with Gasteiger partial charge in [0.05, 0.1) is 0 Å². The van der Waals surface area contributed by atoms with E-state index >= 15 is 0 Å². The summed E-state index contributed by atoms with van der Waals surface area (Å²) in [5.41, 5.74) is 1.27. The first-order valence-electron chi connectivity index (χ1n) is 7.65. The number of aryl methyl sites for hydroxylation is 1. The Morgan fingerprint density at radius 3 is 2.45 bits per heavy atom. The molecule has 2 aliphatic rings.